The molecule has 0 amide bonds. The molecule has 0 unspecified atom stereocenters. The monoisotopic (exact) mass is 400 g/mol. The summed E-state index contributed by atoms with van der Waals surface area (Å²) in [5, 5.41) is 0. The van der Waals surface area contributed by atoms with Gasteiger partial charge in [0, 0.05) is 0 Å². The summed E-state index contributed by atoms with van der Waals surface area (Å²) in [5.41, 5.74) is 0. The molecule has 20 heavy (non-hydrogen) atoms. The van der Waals surface area contributed by atoms with E-state index in [0.29, 0.717) is 0 Å². The maximum Gasteiger partial charge on any atom is 0.490 e. The van der Waals surface area contributed by atoms with Crippen LogP contribution in [0.25, 0.3) is 0 Å². The zero-order valence-electron chi connectivity index (χ0n) is 8.55. The van der Waals surface area contributed by atoms with Gasteiger partial charge in [-0.15, -0.1) is 0 Å². The van der Waals surface area contributed by atoms with E-state index in [9.17, 15) is 22.8 Å². The first-order valence-electron chi connectivity index (χ1n) is 3.74. The van der Waals surface area contributed by atoms with Gasteiger partial charge in [0.15, 0.2) is 0 Å². The van der Waals surface area contributed by atoms with Crippen molar-refractivity contribution >= 4 is 39.1 Å². The summed E-state index contributed by atoms with van der Waals surface area (Å²) in [6.07, 6.45) is 0. The summed E-state index contributed by atoms with van der Waals surface area (Å²) >= 11 is 0. The molecule has 1 rings (SSSR count). The van der Waals surface area contributed by atoms with Gasteiger partial charge in [0.1, 0.15) is 0 Å². The van der Waals surface area contributed by atoms with E-state index in [-0.39, 0.29) is 0 Å². The van der Waals surface area contributed by atoms with Crippen molar-refractivity contribution in [2.45, 2.75) is 0 Å². The minimum absolute atomic E-state index is 3.32. The fourth-order valence-corrected chi connectivity index (χ4v) is 7.88. The van der Waals surface area contributed by atoms with Gasteiger partial charge >= 0.3 is 39.1 Å². The van der Waals surface area contributed by atoms with E-state index in [1.54, 1.807) is 0 Å². The molecular weight excluding hydrogens is 395 g/mol. The number of hydrogen-bond acceptors (Lipinski definition) is 10. The quantitative estimate of drug-likeness (QED) is 0.350. The molecule has 1 aliphatic rings. The molecule has 0 radical (unpaired) electrons. The summed E-state index contributed by atoms with van der Waals surface area (Å²) in [6, 6.07) is 0. The Labute approximate surface area is 109 Å². The van der Waals surface area contributed by atoms with Gasteiger partial charge in [-0.2, -0.15) is 21.6 Å². The topological polar surface area (TPSA) is 233 Å². The van der Waals surface area contributed by atoms with Crippen LogP contribution in [0.3, 0.4) is 0 Å². The van der Waals surface area contributed by atoms with E-state index >= 15 is 0 Å². The lowest BCUT2D eigenvalue weighted by Gasteiger charge is -2.23. The van der Waals surface area contributed by atoms with Crippen LogP contribution < -0.4 is 0 Å². The molecule has 0 spiro atoms. The van der Waals surface area contributed by atoms with Gasteiger partial charge < -0.3 is 24.5 Å². The molecule has 1 heterocycles. The van der Waals surface area contributed by atoms with Crippen molar-refractivity contribution in [1.82, 2.24) is 0 Å². The second kappa shape index (κ2) is 5.43. The lowest BCUT2D eigenvalue weighted by molar-refractivity contribution is 0.167. The standard InChI is InChI=1S/H5O15P5/c1-16(2)11-17(3,4)13-19(7,8)15-20(9,10)14-18(5,6)12-16/h(H,1,2)(H,3,4)(H,5,6)(H,7,8)(H,9,10). The zero-order valence-corrected chi connectivity index (χ0v) is 13.0. The van der Waals surface area contributed by atoms with Crippen LogP contribution in [0.15, 0.2) is 0 Å². The van der Waals surface area contributed by atoms with Crippen LogP contribution in [-0.2, 0) is 44.4 Å². The van der Waals surface area contributed by atoms with Gasteiger partial charge in [-0.05, 0) is 0 Å². The number of hydrogen-bond donors (Lipinski definition) is 5. The van der Waals surface area contributed by atoms with Gasteiger partial charge in [0.25, 0.3) is 0 Å². The average Bonchev–Trinajstić information content (AvgIpc) is 1.84. The molecule has 1 saturated heterocycles. The zero-order chi connectivity index (χ0) is 16.0. The molecule has 1 aliphatic heterocycles. The lowest BCUT2D eigenvalue weighted by atomic mass is 15.6. The maximum absolute atomic E-state index is 11.0. The molecule has 0 aromatic heterocycles. The summed E-state index contributed by atoms with van der Waals surface area (Å²) in [4.78, 5) is 44.1. The molecule has 120 valence electrons. The van der Waals surface area contributed by atoms with Crippen LogP contribution in [0.5, 0.6) is 0 Å². The second-order valence-electron chi connectivity index (χ2n) is 2.75. The van der Waals surface area contributed by atoms with Crippen molar-refractivity contribution in [2.75, 3.05) is 0 Å². The average molecular weight is 400 g/mol. The first-order chi connectivity index (χ1) is 8.54. The summed E-state index contributed by atoms with van der Waals surface area (Å²) in [5.74, 6) is 0. The molecule has 1 fully saturated rings. The van der Waals surface area contributed by atoms with E-state index in [1.807, 2.05) is 0 Å². The van der Waals surface area contributed by atoms with Gasteiger partial charge in [-0.1, -0.05) is 0 Å². The number of rotatable bonds is 0. The molecular formula is H5O15P5. The molecule has 0 saturated carbocycles. The van der Waals surface area contributed by atoms with Crippen LogP contribution in [0.2, 0.25) is 0 Å². The Balaban J connectivity index is 3.33. The molecule has 0 aromatic carbocycles. The number of phosphoric acid groups is 5. The van der Waals surface area contributed by atoms with E-state index in [0.717, 1.165) is 0 Å². The first-order valence-corrected chi connectivity index (χ1v) is 11.2. The van der Waals surface area contributed by atoms with Crippen molar-refractivity contribution in [3.63, 3.8) is 0 Å². The van der Waals surface area contributed by atoms with Crippen LogP contribution in [0.4, 0.5) is 0 Å². The third kappa shape index (κ3) is 6.25. The summed E-state index contributed by atoms with van der Waals surface area (Å²) < 4.78 is 71.8. The Bertz CT molecular complexity index is 464. The van der Waals surface area contributed by atoms with Crippen molar-refractivity contribution in [1.29, 1.82) is 0 Å². The van der Waals surface area contributed by atoms with Crippen molar-refractivity contribution in [2.24, 2.45) is 0 Å². The molecule has 0 aromatic rings. The second-order valence-corrected chi connectivity index (χ2v) is 10.7. The molecule has 20 heteroatoms. The minimum atomic E-state index is -5.86. The van der Waals surface area contributed by atoms with E-state index in [2.05, 4.69) is 21.6 Å². The van der Waals surface area contributed by atoms with E-state index in [4.69, 9.17) is 24.5 Å². The molecule has 15 nitrogen and oxygen atoms in total. The smallest absolute Gasteiger partial charge is 0.302 e. The SMILES string of the molecule is O=P1(O)OP(=O)(O)OP(=O)(O)OP(=O)(O)OP(=O)(O)O1. The van der Waals surface area contributed by atoms with Gasteiger partial charge in [-0.25, -0.2) is 22.8 Å². The van der Waals surface area contributed by atoms with Gasteiger partial charge in [0.2, 0.25) is 0 Å². The predicted octanol–water partition coefficient (Wildman–Crippen LogP) is 0.585. The van der Waals surface area contributed by atoms with Crippen LogP contribution in [-0.4, -0.2) is 24.5 Å². The third-order valence-corrected chi connectivity index (χ3v) is 9.29. The van der Waals surface area contributed by atoms with Crippen molar-refractivity contribution < 1.29 is 68.8 Å². The summed E-state index contributed by atoms with van der Waals surface area (Å²) in [7, 11) is -29.3. The molecule has 5 N–H and O–H groups in total. The Morgan fingerprint density at radius 3 is 0.600 bits per heavy atom. The fourth-order valence-electron chi connectivity index (χ4n) is 0.726. The molecule has 0 aliphatic carbocycles. The van der Waals surface area contributed by atoms with Crippen molar-refractivity contribution in [3.05, 3.63) is 0 Å². The van der Waals surface area contributed by atoms with E-state index < -0.39 is 39.1 Å². The Hall–Kier alpha value is 0.750. The summed E-state index contributed by atoms with van der Waals surface area (Å²) in [6.45, 7) is 0. The highest BCUT2D eigenvalue weighted by Gasteiger charge is 2.52. The van der Waals surface area contributed by atoms with Crippen LogP contribution in [0, 0.1) is 0 Å². The van der Waals surface area contributed by atoms with Crippen LogP contribution in [0.1, 0.15) is 0 Å². The van der Waals surface area contributed by atoms with Gasteiger partial charge in [-0.3, -0.25) is 0 Å². The molecule has 0 bridgehead atoms. The predicted molar refractivity (Wildman–Crippen MR) is 54.6 cm³/mol. The van der Waals surface area contributed by atoms with E-state index in [1.165, 1.54) is 0 Å². The normalized spacial score (nSPS) is 55.2. The maximum atomic E-state index is 11.0. The largest absolute Gasteiger partial charge is 0.490 e. The minimum Gasteiger partial charge on any atom is -0.302 e. The lowest BCUT2D eigenvalue weighted by Crippen LogP contribution is -2.02. The highest BCUT2D eigenvalue weighted by molar-refractivity contribution is 7.75. The Kier molecular flexibility index (Phi) is 5.11. The Morgan fingerprint density at radius 1 is 0.400 bits per heavy atom. The third-order valence-electron chi connectivity index (χ3n) is 1.03. The Morgan fingerprint density at radius 2 is 0.500 bits per heavy atom. The van der Waals surface area contributed by atoms with Crippen LogP contribution >= 0.6 is 39.1 Å². The molecule has 0 atom stereocenters. The first kappa shape index (κ1) is 18.8. The highest BCUT2D eigenvalue weighted by Crippen LogP contribution is 2.78. The van der Waals surface area contributed by atoms with Crippen molar-refractivity contribution in [3.8, 4) is 0 Å². The fraction of sp³-hybridized carbons (Fsp3) is 0. The van der Waals surface area contributed by atoms with Gasteiger partial charge in [0.05, 0.1) is 0 Å². The highest BCUT2D eigenvalue weighted by atomic mass is 31.3.